The van der Waals surface area contributed by atoms with Crippen molar-refractivity contribution >= 4 is 33.4 Å². The summed E-state index contributed by atoms with van der Waals surface area (Å²) in [5, 5.41) is 4.83. The molecule has 0 aliphatic heterocycles. The molecular weight excluding hydrogens is 443 g/mol. The lowest BCUT2D eigenvalue weighted by Gasteiger charge is -2.17. The normalized spacial score (nSPS) is 12.5. The van der Waals surface area contributed by atoms with E-state index in [1.165, 1.54) is 21.9 Å². The Morgan fingerprint density at radius 1 is 1.12 bits per heavy atom. The summed E-state index contributed by atoms with van der Waals surface area (Å²) in [4.78, 5) is 32.6. The highest BCUT2D eigenvalue weighted by molar-refractivity contribution is 7.15. The van der Waals surface area contributed by atoms with Gasteiger partial charge in [0.2, 0.25) is 5.95 Å². The Labute approximate surface area is 181 Å². The first kappa shape index (κ1) is 20.1. The van der Waals surface area contributed by atoms with Crippen LogP contribution >= 0.6 is 11.3 Å². The zero-order valence-electron chi connectivity index (χ0n) is 16.7. The molecule has 0 radical (unpaired) electrons. The largest absolute Gasteiger partial charge is 0.348 e. The molecule has 0 saturated heterocycles. The number of aromatic amines is 1. The molecule has 0 bridgehead atoms. The lowest BCUT2D eigenvalue weighted by molar-refractivity contribution is 0.543. The van der Waals surface area contributed by atoms with E-state index in [-0.39, 0.29) is 28.4 Å². The van der Waals surface area contributed by atoms with E-state index in [0.717, 1.165) is 18.2 Å². The molecule has 1 atom stereocenters. The van der Waals surface area contributed by atoms with Gasteiger partial charge in [0, 0.05) is 17.1 Å². The monoisotopic (exact) mass is 457 g/mol. The molecule has 0 saturated carbocycles. The van der Waals surface area contributed by atoms with Gasteiger partial charge in [-0.1, -0.05) is 0 Å². The van der Waals surface area contributed by atoms with Crippen molar-refractivity contribution in [3.05, 3.63) is 69.2 Å². The Kier molecular flexibility index (Phi) is 4.66. The van der Waals surface area contributed by atoms with Gasteiger partial charge in [-0.05, 0) is 31.5 Å². The first-order valence-corrected chi connectivity index (χ1v) is 10.3. The number of nitrogens with one attached hydrogen (secondary N) is 2. The second-order valence-electron chi connectivity index (χ2n) is 7.16. The van der Waals surface area contributed by atoms with Crippen LogP contribution in [0.2, 0.25) is 0 Å². The van der Waals surface area contributed by atoms with Crippen LogP contribution in [-0.2, 0) is 0 Å². The number of rotatable bonds is 4. The van der Waals surface area contributed by atoms with Crippen LogP contribution in [0, 0.1) is 24.6 Å². The standard InChI is InChI=1S/C20H14F3N7OS/c1-8-7-32-20-27-15(9(2)25-19-26-13-6-24-18(23)28-16(13)29-19)14(17(31)30(8)20)10-3-11(21)5-12(22)4-10/h3-7,9H,1-2H3,(H2,24,25,26,28,29). The molecule has 4 aromatic heterocycles. The summed E-state index contributed by atoms with van der Waals surface area (Å²) in [6.07, 6.45) is 0.347. The van der Waals surface area contributed by atoms with Gasteiger partial charge in [-0.2, -0.15) is 14.4 Å². The van der Waals surface area contributed by atoms with Crippen LogP contribution in [-0.4, -0.2) is 29.3 Å². The molecule has 0 spiro atoms. The predicted octanol–water partition coefficient (Wildman–Crippen LogP) is 3.99. The summed E-state index contributed by atoms with van der Waals surface area (Å²) >= 11 is 1.27. The molecule has 1 aromatic carbocycles. The lowest BCUT2D eigenvalue weighted by atomic mass is 10.0. The van der Waals surface area contributed by atoms with Crippen LogP contribution in [0.1, 0.15) is 24.4 Å². The van der Waals surface area contributed by atoms with E-state index in [1.807, 2.05) is 0 Å². The number of fused-ring (bicyclic) bond motifs is 2. The maximum absolute atomic E-state index is 14.0. The Balaban J connectivity index is 1.66. The van der Waals surface area contributed by atoms with Crippen molar-refractivity contribution in [3.63, 3.8) is 0 Å². The minimum atomic E-state index is -0.910. The van der Waals surface area contributed by atoms with Gasteiger partial charge in [0.15, 0.2) is 10.6 Å². The summed E-state index contributed by atoms with van der Waals surface area (Å²) in [7, 11) is 0. The highest BCUT2D eigenvalue weighted by atomic mass is 32.1. The molecule has 1 unspecified atom stereocenters. The third kappa shape index (κ3) is 3.38. The third-order valence-corrected chi connectivity index (χ3v) is 5.84. The van der Waals surface area contributed by atoms with Gasteiger partial charge in [-0.15, -0.1) is 11.3 Å². The number of imidazole rings is 1. The highest BCUT2D eigenvalue weighted by Gasteiger charge is 2.23. The average Bonchev–Trinajstić information content (AvgIpc) is 3.29. The molecule has 162 valence electrons. The first-order chi connectivity index (χ1) is 15.3. The molecule has 5 aromatic rings. The molecule has 2 N–H and O–H groups in total. The quantitative estimate of drug-likeness (QED) is 0.396. The second-order valence-corrected chi connectivity index (χ2v) is 7.99. The van der Waals surface area contributed by atoms with Gasteiger partial charge >= 0.3 is 6.08 Å². The number of H-pyrrole nitrogens is 1. The zero-order valence-corrected chi connectivity index (χ0v) is 17.5. The van der Waals surface area contributed by atoms with Crippen molar-refractivity contribution in [2.24, 2.45) is 0 Å². The van der Waals surface area contributed by atoms with Gasteiger partial charge in [0.05, 0.1) is 23.5 Å². The van der Waals surface area contributed by atoms with E-state index in [9.17, 15) is 18.0 Å². The minimum Gasteiger partial charge on any atom is -0.348 e. The van der Waals surface area contributed by atoms with Crippen LogP contribution in [0.4, 0.5) is 19.1 Å². The smallest absolute Gasteiger partial charge is 0.310 e. The van der Waals surface area contributed by atoms with E-state index >= 15 is 0 Å². The molecule has 12 heteroatoms. The number of halogens is 3. The maximum Gasteiger partial charge on any atom is 0.310 e. The Bertz CT molecular complexity index is 1540. The third-order valence-electron chi connectivity index (χ3n) is 4.89. The van der Waals surface area contributed by atoms with Gasteiger partial charge in [-0.3, -0.25) is 9.20 Å². The topological polar surface area (TPSA) is 101 Å². The average molecular weight is 457 g/mol. The molecule has 8 nitrogen and oxygen atoms in total. The fraction of sp³-hybridized carbons (Fsp3) is 0.150. The fourth-order valence-corrected chi connectivity index (χ4v) is 4.37. The highest BCUT2D eigenvalue weighted by Crippen LogP contribution is 2.29. The van der Waals surface area contributed by atoms with Crippen molar-refractivity contribution < 1.29 is 13.2 Å². The maximum atomic E-state index is 14.0. The fourth-order valence-electron chi connectivity index (χ4n) is 3.51. The number of thiazole rings is 1. The van der Waals surface area contributed by atoms with E-state index in [1.54, 1.807) is 19.2 Å². The van der Waals surface area contributed by atoms with Gasteiger partial charge in [0.1, 0.15) is 17.2 Å². The summed E-state index contributed by atoms with van der Waals surface area (Å²) in [6.45, 7) is 3.47. The molecule has 4 heterocycles. The van der Waals surface area contributed by atoms with Crippen molar-refractivity contribution in [1.82, 2.24) is 29.3 Å². The number of nitrogens with zero attached hydrogens (tertiary/aromatic N) is 5. The van der Waals surface area contributed by atoms with E-state index in [2.05, 4.69) is 30.2 Å². The summed E-state index contributed by atoms with van der Waals surface area (Å²) in [6, 6.07) is 2.30. The molecule has 0 aliphatic carbocycles. The van der Waals surface area contributed by atoms with Crippen LogP contribution in [0.3, 0.4) is 0 Å². The molecule has 32 heavy (non-hydrogen) atoms. The Morgan fingerprint density at radius 3 is 2.62 bits per heavy atom. The van der Waals surface area contributed by atoms with Gasteiger partial charge in [0.25, 0.3) is 5.56 Å². The van der Waals surface area contributed by atoms with Crippen molar-refractivity contribution in [3.8, 4) is 11.1 Å². The summed E-state index contributed by atoms with van der Waals surface area (Å²) in [5.74, 6) is -1.37. The number of benzene rings is 1. The predicted molar refractivity (Wildman–Crippen MR) is 113 cm³/mol. The first-order valence-electron chi connectivity index (χ1n) is 9.42. The molecule has 5 rings (SSSR count). The van der Waals surface area contributed by atoms with Gasteiger partial charge < -0.3 is 10.3 Å². The summed E-state index contributed by atoms with van der Waals surface area (Å²) < 4.78 is 42.6. The van der Waals surface area contributed by atoms with Crippen LogP contribution in [0.25, 0.3) is 27.3 Å². The molecule has 0 fully saturated rings. The van der Waals surface area contributed by atoms with E-state index in [0.29, 0.717) is 16.2 Å². The Morgan fingerprint density at radius 2 is 1.88 bits per heavy atom. The van der Waals surface area contributed by atoms with E-state index < -0.39 is 29.3 Å². The number of aryl methyl sites for hydroxylation is 1. The van der Waals surface area contributed by atoms with Crippen LogP contribution in [0.15, 0.2) is 34.6 Å². The molecular formula is C20H14F3N7OS. The van der Waals surface area contributed by atoms with Crippen LogP contribution in [0.5, 0.6) is 0 Å². The van der Waals surface area contributed by atoms with E-state index in [4.69, 9.17) is 0 Å². The SMILES string of the molecule is Cc1csc2nc(C(C)Nc3nc4nc(F)ncc4[nH]3)c(-c3cc(F)cc(F)c3)c(=O)n12. The second kappa shape index (κ2) is 7.41. The van der Waals surface area contributed by atoms with Gasteiger partial charge in [-0.25, -0.2) is 18.7 Å². The number of hydrogen-bond acceptors (Lipinski definition) is 7. The summed E-state index contributed by atoms with van der Waals surface area (Å²) in [5.41, 5.74) is 1.15. The van der Waals surface area contributed by atoms with Crippen molar-refractivity contribution in [2.75, 3.05) is 5.32 Å². The number of hydrogen-bond donors (Lipinski definition) is 2. The minimum absolute atomic E-state index is 0.0596. The zero-order chi connectivity index (χ0) is 22.6. The molecule has 0 aliphatic rings. The number of anilines is 1. The van der Waals surface area contributed by atoms with Crippen molar-refractivity contribution in [1.29, 1.82) is 0 Å². The Hall–Kier alpha value is -3.80. The van der Waals surface area contributed by atoms with Crippen LogP contribution < -0.4 is 10.9 Å². The number of aromatic nitrogens is 6. The van der Waals surface area contributed by atoms with Crippen molar-refractivity contribution in [2.45, 2.75) is 19.9 Å². The lowest BCUT2D eigenvalue weighted by Crippen LogP contribution is -2.23. The molecule has 0 amide bonds.